The maximum Gasteiger partial charge on any atom is 0.273 e. The van der Waals surface area contributed by atoms with Crippen LogP contribution in [0.5, 0.6) is 0 Å². The van der Waals surface area contributed by atoms with Gasteiger partial charge in [-0.1, -0.05) is 28.9 Å². The van der Waals surface area contributed by atoms with Crippen LogP contribution in [0.25, 0.3) is 11.3 Å². The molecule has 3 rings (SSSR count). The number of hydrogen-bond donors (Lipinski definition) is 1. The van der Waals surface area contributed by atoms with Crippen molar-refractivity contribution in [1.82, 2.24) is 14.8 Å². The molecule has 26 heavy (non-hydrogen) atoms. The zero-order chi connectivity index (χ0) is 18.7. The summed E-state index contributed by atoms with van der Waals surface area (Å²) < 4.78 is 29.7. The topological polar surface area (TPSA) is 92.5 Å². The Balaban J connectivity index is 1.54. The highest BCUT2D eigenvalue weighted by atomic mass is 35.5. The number of halogens is 1. The van der Waals surface area contributed by atoms with Gasteiger partial charge in [0.25, 0.3) is 5.91 Å². The molecule has 1 aromatic carbocycles. The van der Waals surface area contributed by atoms with Crippen LogP contribution in [0.4, 0.5) is 0 Å². The number of carbonyl (C=O) groups excluding carboxylic acids is 1. The lowest BCUT2D eigenvalue weighted by atomic mass is 9.98. The van der Waals surface area contributed by atoms with Crippen LogP contribution in [0, 0.1) is 5.92 Å². The van der Waals surface area contributed by atoms with E-state index in [1.165, 1.54) is 10.6 Å². The fourth-order valence-corrected chi connectivity index (χ4v) is 4.05. The summed E-state index contributed by atoms with van der Waals surface area (Å²) in [7, 11) is -3.14. The number of amides is 1. The van der Waals surface area contributed by atoms with Gasteiger partial charge in [0.1, 0.15) is 0 Å². The van der Waals surface area contributed by atoms with E-state index in [-0.39, 0.29) is 17.5 Å². The van der Waals surface area contributed by atoms with Crippen molar-refractivity contribution in [2.75, 3.05) is 25.9 Å². The van der Waals surface area contributed by atoms with E-state index in [1.807, 2.05) is 12.1 Å². The summed E-state index contributed by atoms with van der Waals surface area (Å²) in [6, 6.07) is 8.72. The van der Waals surface area contributed by atoms with Gasteiger partial charge in [-0.2, -0.15) is 0 Å². The summed E-state index contributed by atoms with van der Waals surface area (Å²) in [5.74, 6) is 0.353. The van der Waals surface area contributed by atoms with Crippen molar-refractivity contribution in [2.45, 2.75) is 12.8 Å². The third-order valence-corrected chi connectivity index (χ3v) is 6.11. The Bertz CT molecular complexity index is 889. The van der Waals surface area contributed by atoms with E-state index < -0.39 is 10.0 Å². The van der Waals surface area contributed by atoms with Gasteiger partial charge in [-0.05, 0) is 30.9 Å². The van der Waals surface area contributed by atoms with E-state index in [4.69, 9.17) is 16.1 Å². The summed E-state index contributed by atoms with van der Waals surface area (Å²) in [5.41, 5.74) is 0.863. The molecule has 0 bridgehead atoms. The molecule has 0 saturated carbocycles. The number of nitrogens with zero attached hydrogens (tertiary/aromatic N) is 2. The normalized spacial score (nSPS) is 16.5. The van der Waals surface area contributed by atoms with Crippen molar-refractivity contribution in [3.63, 3.8) is 0 Å². The summed E-state index contributed by atoms with van der Waals surface area (Å²) in [5, 5.41) is 7.17. The molecule has 1 aromatic heterocycles. The molecule has 1 fully saturated rings. The molecular weight excluding hydrogens is 378 g/mol. The first-order valence-corrected chi connectivity index (χ1v) is 10.5. The number of benzene rings is 1. The van der Waals surface area contributed by atoms with Gasteiger partial charge < -0.3 is 9.84 Å². The molecule has 1 N–H and O–H groups in total. The molecule has 2 heterocycles. The third-order valence-electron chi connectivity index (χ3n) is 4.48. The average molecular weight is 398 g/mol. The van der Waals surface area contributed by atoms with Crippen LogP contribution in [0.1, 0.15) is 23.3 Å². The number of aromatic nitrogens is 1. The van der Waals surface area contributed by atoms with Crippen molar-refractivity contribution < 1.29 is 17.7 Å². The van der Waals surface area contributed by atoms with Gasteiger partial charge in [-0.15, -0.1) is 0 Å². The van der Waals surface area contributed by atoms with Crippen molar-refractivity contribution in [2.24, 2.45) is 5.92 Å². The predicted molar refractivity (Wildman–Crippen MR) is 98.4 cm³/mol. The Labute approximate surface area is 157 Å². The lowest BCUT2D eigenvalue weighted by molar-refractivity contribution is 0.0932. The van der Waals surface area contributed by atoms with Gasteiger partial charge in [0.05, 0.1) is 11.3 Å². The van der Waals surface area contributed by atoms with Gasteiger partial charge in [0.15, 0.2) is 11.5 Å². The summed E-state index contributed by atoms with van der Waals surface area (Å²) in [6.07, 6.45) is 2.66. The molecule has 7 nitrogen and oxygen atoms in total. The standard InChI is InChI=1S/C17H20ClN3O4S/c1-26(23,24)21-8-6-12(7-9-21)11-19-17(22)15-10-16(25-20-15)13-4-2-3-5-14(13)18/h2-5,10,12H,6-9,11H2,1H3,(H,19,22). The Kier molecular flexibility index (Phi) is 5.64. The fourth-order valence-electron chi connectivity index (χ4n) is 2.94. The Hall–Kier alpha value is -1.90. The quantitative estimate of drug-likeness (QED) is 0.836. The van der Waals surface area contributed by atoms with Gasteiger partial charge >= 0.3 is 0 Å². The lowest BCUT2D eigenvalue weighted by Crippen LogP contribution is -2.41. The van der Waals surface area contributed by atoms with Crippen LogP contribution in [-0.2, 0) is 10.0 Å². The molecule has 1 saturated heterocycles. The van der Waals surface area contributed by atoms with E-state index in [0.717, 1.165) is 12.8 Å². The fraction of sp³-hybridized carbons (Fsp3) is 0.412. The second-order valence-electron chi connectivity index (χ2n) is 6.37. The van der Waals surface area contributed by atoms with Gasteiger partial charge in [0.2, 0.25) is 10.0 Å². The molecule has 0 aliphatic carbocycles. The first-order valence-electron chi connectivity index (χ1n) is 8.29. The second-order valence-corrected chi connectivity index (χ2v) is 8.76. The van der Waals surface area contributed by atoms with E-state index >= 15 is 0 Å². The minimum Gasteiger partial charge on any atom is -0.355 e. The maximum atomic E-state index is 12.3. The SMILES string of the molecule is CS(=O)(=O)N1CCC(CNC(=O)c2cc(-c3ccccc3Cl)on2)CC1. The smallest absolute Gasteiger partial charge is 0.273 e. The second kappa shape index (κ2) is 7.77. The summed E-state index contributed by atoms with van der Waals surface area (Å²) in [4.78, 5) is 12.3. The first kappa shape index (κ1) is 18.9. The zero-order valence-electron chi connectivity index (χ0n) is 14.3. The molecule has 0 atom stereocenters. The summed E-state index contributed by atoms with van der Waals surface area (Å²) >= 11 is 6.12. The van der Waals surface area contributed by atoms with E-state index in [2.05, 4.69) is 10.5 Å². The molecule has 0 spiro atoms. The molecule has 0 unspecified atom stereocenters. The summed E-state index contributed by atoms with van der Waals surface area (Å²) in [6.45, 7) is 1.45. The minimum absolute atomic E-state index is 0.188. The number of carbonyl (C=O) groups is 1. The molecule has 2 aromatic rings. The number of sulfonamides is 1. The Morgan fingerprint density at radius 2 is 2.04 bits per heavy atom. The zero-order valence-corrected chi connectivity index (χ0v) is 15.9. The largest absolute Gasteiger partial charge is 0.355 e. The molecule has 1 amide bonds. The monoisotopic (exact) mass is 397 g/mol. The highest BCUT2D eigenvalue weighted by molar-refractivity contribution is 7.88. The first-order chi connectivity index (χ1) is 12.3. The predicted octanol–water partition coefficient (Wildman–Crippen LogP) is 2.40. The number of piperidine rings is 1. The van der Waals surface area contributed by atoms with Crippen molar-refractivity contribution in [3.05, 3.63) is 41.0 Å². The highest BCUT2D eigenvalue weighted by Gasteiger charge is 2.25. The molecule has 0 radical (unpaired) electrons. The van der Waals surface area contributed by atoms with Crippen LogP contribution in [0.2, 0.25) is 5.02 Å². The lowest BCUT2D eigenvalue weighted by Gasteiger charge is -2.30. The average Bonchev–Trinajstić information content (AvgIpc) is 3.09. The number of hydrogen-bond acceptors (Lipinski definition) is 5. The highest BCUT2D eigenvalue weighted by Crippen LogP contribution is 2.28. The van der Waals surface area contributed by atoms with Crippen molar-refractivity contribution in [3.8, 4) is 11.3 Å². The van der Waals surface area contributed by atoms with E-state index in [0.29, 0.717) is 36.0 Å². The van der Waals surface area contributed by atoms with Crippen LogP contribution in [0.3, 0.4) is 0 Å². The molecular formula is C17H20ClN3O4S. The van der Waals surface area contributed by atoms with Gasteiger partial charge in [-0.3, -0.25) is 4.79 Å². The molecule has 1 aliphatic heterocycles. The number of rotatable bonds is 5. The van der Waals surface area contributed by atoms with Crippen LogP contribution in [0.15, 0.2) is 34.9 Å². The van der Waals surface area contributed by atoms with E-state index in [1.54, 1.807) is 18.2 Å². The Morgan fingerprint density at radius 1 is 1.35 bits per heavy atom. The van der Waals surface area contributed by atoms with Crippen LogP contribution >= 0.6 is 11.6 Å². The van der Waals surface area contributed by atoms with Crippen LogP contribution in [-0.4, -0.2) is 49.7 Å². The van der Waals surface area contributed by atoms with Crippen molar-refractivity contribution in [1.29, 1.82) is 0 Å². The molecule has 1 aliphatic rings. The Morgan fingerprint density at radius 3 is 2.69 bits per heavy atom. The van der Waals surface area contributed by atoms with Gasteiger partial charge in [-0.25, -0.2) is 12.7 Å². The van der Waals surface area contributed by atoms with Gasteiger partial charge in [0, 0.05) is 31.3 Å². The molecule has 9 heteroatoms. The van der Waals surface area contributed by atoms with Crippen molar-refractivity contribution >= 4 is 27.5 Å². The van der Waals surface area contributed by atoms with E-state index in [9.17, 15) is 13.2 Å². The maximum absolute atomic E-state index is 12.3. The number of nitrogens with one attached hydrogen (secondary N) is 1. The minimum atomic E-state index is -3.14. The third kappa shape index (κ3) is 4.44. The molecule has 140 valence electrons. The van der Waals surface area contributed by atoms with Crippen LogP contribution < -0.4 is 5.32 Å².